The van der Waals surface area contributed by atoms with E-state index in [1.807, 2.05) is 6.92 Å². The molecule has 2 atom stereocenters. The van der Waals surface area contributed by atoms with Gasteiger partial charge in [0.1, 0.15) is 0 Å². The van der Waals surface area contributed by atoms with Crippen LogP contribution in [-0.4, -0.2) is 18.5 Å². The molecule has 0 spiro atoms. The average molecular weight is 354 g/mol. The molecule has 1 aliphatic heterocycles. The maximum Gasteiger partial charge on any atom is 0.416 e. The molecule has 2 rings (SSSR count). The van der Waals surface area contributed by atoms with Crippen molar-refractivity contribution in [2.24, 2.45) is 5.92 Å². The largest absolute Gasteiger partial charge is 0.416 e. The first-order valence-corrected chi connectivity index (χ1v) is 7.26. The fourth-order valence-electron chi connectivity index (χ4n) is 2.55. The lowest BCUT2D eigenvalue weighted by Crippen LogP contribution is -2.40. The molecule has 0 unspecified atom stereocenters. The van der Waals surface area contributed by atoms with Crippen molar-refractivity contribution in [3.8, 4) is 0 Å². The van der Waals surface area contributed by atoms with E-state index in [4.69, 9.17) is 0 Å². The average Bonchev–Trinajstić information content (AvgIpc) is 2.89. The van der Waals surface area contributed by atoms with Gasteiger partial charge in [-0.25, -0.2) is 0 Å². The van der Waals surface area contributed by atoms with E-state index in [0.29, 0.717) is 25.1 Å². The first-order chi connectivity index (χ1) is 11.0. The van der Waals surface area contributed by atoms with Crippen LogP contribution in [0.25, 0.3) is 0 Å². The third-order valence-corrected chi connectivity index (χ3v) is 3.78. The second-order valence-electron chi connectivity index (χ2n) is 5.93. The van der Waals surface area contributed by atoms with Gasteiger partial charge in [-0.15, -0.1) is 0 Å². The Morgan fingerprint density at radius 3 is 2.08 bits per heavy atom. The molecule has 1 aromatic rings. The lowest BCUT2D eigenvalue weighted by atomic mass is 10.0. The Morgan fingerprint density at radius 2 is 1.67 bits per heavy atom. The van der Waals surface area contributed by atoms with Crippen LogP contribution in [0.5, 0.6) is 0 Å². The van der Waals surface area contributed by atoms with Crippen molar-refractivity contribution >= 4 is 5.91 Å². The second-order valence-corrected chi connectivity index (χ2v) is 5.93. The molecule has 1 fully saturated rings. The lowest BCUT2D eigenvalue weighted by molar-refractivity contribution is -0.143. The summed E-state index contributed by atoms with van der Waals surface area (Å²) in [5, 5.41) is 5.32. The van der Waals surface area contributed by atoms with Gasteiger partial charge in [-0.3, -0.25) is 4.79 Å². The lowest BCUT2D eigenvalue weighted by Gasteiger charge is -2.15. The van der Waals surface area contributed by atoms with E-state index >= 15 is 0 Å². The van der Waals surface area contributed by atoms with Gasteiger partial charge in [0.15, 0.2) is 0 Å². The molecule has 134 valence electrons. The van der Waals surface area contributed by atoms with Crippen molar-refractivity contribution in [1.29, 1.82) is 0 Å². The van der Waals surface area contributed by atoms with Crippen molar-refractivity contribution in [2.75, 3.05) is 6.54 Å². The molecule has 3 nitrogen and oxygen atoms in total. The number of hydrogen-bond acceptors (Lipinski definition) is 2. The number of hydrogen-bond donors (Lipinski definition) is 2. The fraction of sp³-hybridized carbons (Fsp3) is 0.533. The molecule has 0 radical (unpaired) electrons. The van der Waals surface area contributed by atoms with Gasteiger partial charge in [-0.2, -0.15) is 26.3 Å². The van der Waals surface area contributed by atoms with Gasteiger partial charge in [0.05, 0.1) is 17.2 Å². The van der Waals surface area contributed by atoms with Gasteiger partial charge in [0.2, 0.25) is 5.91 Å². The molecule has 0 bridgehead atoms. The van der Waals surface area contributed by atoms with Gasteiger partial charge in [-0.1, -0.05) is 6.92 Å². The summed E-state index contributed by atoms with van der Waals surface area (Å²) in [7, 11) is 0. The summed E-state index contributed by atoms with van der Waals surface area (Å²) in [6.45, 7) is 2.17. The van der Waals surface area contributed by atoms with E-state index in [1.165, 1.54) is 0 Å². The van der Waals surface area contributed by atoms with Crippen molar-refractivity contribution in [3.05, 3.63) is 34.9 Å². The molecule has 1 aromatic carbocycles. The number of carbonyl (C=O) groups is 1. The zero-order valence-electron chi connectivity index (χ0n) is 12.7. The molecule has 1 amide bonds. The Kier molecular flexibility index (Phi) is 5.12. The predicted molar refractivity (Wildman–Crippen MR) is 73.9 cm³/mol. The highest BCUT2D eigenvalue weighted by Crippen LogP contribution is 2.36. The number of halogens is 6. The highest BCUT2D eigenvalue weighted by Gasteiger charge is 2.37. The van der Waals surface area contributed by atoms with Gasteiger partial charge >= 0.3 is 12.4 Å². The topological polar surface area (TPSA) is 41.1 Å². The highest BCUT2D eigenvalue weighted by molar-refractivity contribution is 5.82. The summed E-state index contributed by atoms with van der Waals surface area (Å²) in [4.78, 5) is 11.9. The third kappa shape index (κ3) is 4.62. The second kappa shape index (κ2) is 6.62. The SMILES string of the molecule is C[C@@H]1CN[C@H](C(=O)NCc2cc(C(F)(F)F)cc(C(F)(F)F)c2)C1. The first kappa shape index (κ1) is 18.6. The van der Waals surface area contributed by atoms with E-state index in [2.05, 4.69) is 10.6 Å². The van der Waals surface area contributed by atoms with Crippen LogP contribution in [0.15, 0.2) is 18.2 Å². The number of benzene rings is 1. The summed E-state index contributed by atoms with van der Waals surface area (Å²) >= 11 is 0. The van der Waals surface area contributed by atoms with Crippen LogP contribution in [0.4, 0.5) is 26.3 Å². The molecular formula is C15H16F6N2O. The monoisotopic (exact) mass is 354 g/mol. The van der Waals surface area contributed by atoms with E-state index in [9.17, 15) is 31.1 Å². The zero-order chi connectivity index (χ0) is 18.1. The number of alkyl halides is 6. The van der Waals surface area contributed by atoms with Gasteiger partial charge < -0.3 is 10.6 Å². The van der Waals surface area contributed by atoms with E-state index < -0.39 is 42.0 Å². The van der Waals surface area contributed by atoms with Crippen molar-refractivity contribution in [2.45, 2.75) is 38.3 Å². The number of rotatable bonds is 3. The Labute approximate surface area is 134 Å². The first-order valence-electron chi connectivity index (χ1n) is 7.26. The molecule has 9 heteroatoms. The van der Waals surface area contributed by atoms with Gasteiger partial charge in [0, 0.05) is 6.54 Å². The van der Waals surface area contributed by atoms with Crippen LogP contribution >= 0.6 is 0 Å². The summed E-state index contributed by atoms with van der Waals surface area (Å²) in [6, 6.07) is 0.805. The Hall–Kier alpha value is -1.77. The standard InChI is InChI=1S/C15H16F6N2O/c1-8-2-12(22-6-8)13(24)23-7-9-3-10(14(16,17)18)5-11(4-9)15(19,20)21/h3-5,8,12,22H,2,6-7H2,1H3,(H,23,24)/t8-,12-/m0/s1. The van der Waals surface area contributed by atoms with Crippen LogP contribution in [0.1, 0.15) is 30.0 Å². The number of nitrogens with one attached hydrogen (secondary N) is 2. The normalized spacial score (nSPS) is 21.8. The summed E-state index contributed by atoms with van der Waals surface area (Å²) in [5.74, 6) is -0.156. The maximum absolute atomic E-state index is 12.8. The Bertz CT molecular complexity index is 579. The molecular weight excluding hydrogens is 338 g/mol. The fourth-order valence-corrected chi connectivity index (χ4v) is 2.55. The van der Waals surface area contributed by atoms with Crippen LogP contribution in [0, 0.1) is 5.92 Å². The van der Waals surface area contributed by atoms with Crippen LogP contribution < -0.4 is 10.6 Å². The maximum atomic E-state index is 12.8. The third-order valence-electron chi connectivity index (χ3n) is 3.78. The minimum atomic E-state index is -4.90. The molecule has 0 saturated carbocycles. The molecule has 0 aliphatic carbocycles. The predicted octanol–water partition coefficient (Wildman–Crippen LogP) is 3.34. The quantitative estimate of drug-likeness (QED) is 0.818. The molecule has 2 N–H and O–H groups in total. The Balaban J connectivity index is 2.15. The van der Waals surface area contributed by atoms with Gasteiger partial charge in [-0.05, 0) is 42.6 Å². The molecule has 1 saturated heterocycles. The number of amides is 1. The molecule has 24 heavy (non-hydrogen) atoms. The van der Waals surface area contributed by atoms with E-state index in [1.54, 1.807) is 0 Å². The molecule has 1 aliphatic rings. The molecule has 0 aromatic heterocycles. The van der Waals surface area contributed by atoms with E-state index in [0.717, 1.165) is 0 Å². The van der Waals surface area contributed by atoms with Crippen LogP contribution in [0.2, 0.25) is 0 Å². The highest BCUT2D eigenvalue weighted by atomic mass is 19.4. The van der Waals surface area contributed by atoms with Crippen molar-refractivity contribution in [1.82, 2.24) is 10.6 Å². The van der Waals surface area contributed by atoms with Crippen LogP contribution in [0.3, 0.4) is 0 Å². The van der Waals surface area contributed by atoms with Crippen molar-refractivity contribution < 1.29 is 31.1 Å². The van der Waals surface area contributed by atoms with Crippen molar-refractivity contribution in [3.63, 3.8) is 0 Å². The number of carbonyl (C=O) groups excluding carboxylic acids is 1. The van der Waals surface area contributed by atoms with E-state index in [-0.39, 0.29) is 17.5 Å². The summed E-state index contributed by atoms with van der Waals surface area (Å²) in [5.41, 5.74) is -3.04. The smallest absolute Gasteiger partial charge is 0.351 e. The minimum Gasteiger partial charge on any atom is -0.351 e. The molecule has 1 heterocycles. The summed E-state index contributed by atoms with van der Waals surface area (Å²) in [6.07, 6.45) is -9.23. The van der Waals surface area contributed by atoms with Crippen LogP contribution in [-0.2, 0) is 23.7 Å². The van der Waals surface area contributed by atoms with Gasteiger partial charge in [0.25, 0.3) is 0 Å². The summed E-state index contributed by atoms with van der Waals surface area (Å²) < 4.78 is 76.6. The Morgan fingerprint density at radius 1 is 1.12 bits per heavy atom. The zero-order valence-corrected chi connectivity index (χ0v) is 12.7. The minimum absolute atomic E-state index is 0.0610.